The lowest BCUT2D eigenvalue weighted by Crippen LogP contribution is -2.50. The number of carbonyl (C=O) groups is 2. The average molecular weight is 286 g/mol. The van der Waals surface area contributed by atoms with Crippen molar-refractivity contribution in [2.75, 3.05) is 0 Å². The lowest BCUT2D eigenvalue weighted by Gasteiger charge is -2.56. The third-order valence-electron chi connectivity index (χ3n) is 7.27. The van der Waals surface area contributed by atoms with Crippen molar-refractivity contribution < 1.29 is 9.59 Å². The molecule has 3 fully saturated rings. The molecule has 0 radical (unpaired) electrons. The van der Waals surface area contributed by atoms with E-state index in [2.05, 4.69) is 6.92 Å². The molecular formula is C19H26O2. The second-order valence-corrected chi connectivity index (χ2v) is 8.07. The molecule has 2 heteroatoms. The number of allylic oxidation sites excluding steroid dienone is 2. The smallest absolute Gasteiger partial charge is 0.155 e. The summed E-state index contributed by atoms with van der Waals surface area (Å²) >= 11 is 0. The quantitative estimate of drug-likeness (QED) is 0.672. The Morgan fingerprint density at radius 3 is 2.71 bits per heavy atom. The topological polar surface area (TPSA) is 34.1 Å². The van der Waals surface area contributed by atoms with Crippen LogP contribution in [0, 0.1) is 29.1 Å². The van der Waals surface area contributed by atoms with Crippen LogP contribution in [0.15, 0.2) is 11.6 Å². The third kappa shape index (κ3) is 1.98. The van der Waals surface area contributed by atoms with Crippen LogP contribution in [0.5, 0.6) is 0 Å². The number of hydrogen-bond donors (Lipinski definition) is 0. The maximum absolute atomic E-state index is 12.3. The molecule has 0 aromatic carbocycles. The van der Waals surface area contributed by atoms with E-state index >= 15 is 0 Å². The second-order valence-electron chi connectivity index (χ2n) is 8.07. The Bertz CT molecular complexity index is 518. The second kappa shape index (κ2) is 4.79. The summed E-state index contributed by atoms with van der Waals surface area (Å²) in [6, 6.07) is 0. The molecule has 3 saturated carbocycles. The zero-order valence-electron chi connectivity index (χ0n) is 13.1. The lowest BCUT2D eigenvalue weighted by molar-refractivity contribution is -0.133. The van der Waals surface area contributed by atoms with E-state index in [1.54, 1.807) is 0 Å². The summed E-state index contributed by atoms with van der Waals surface area (Å²) in [5, 5.41) is 0. The molecular weight excluding hydrogens is 260 g/mol. The summed E-state index contributed by atoms with van der Waals surface area (Å²) < 4.78 is 0. The summed E-state index contributed by atoms with van der Waals surface area (Å²) in [4.78, 5) is 24.0. The van der Waals surface area contributed by atoms with Gasteiger partial charge >= 0.3 is 0 Å². The van der Waals surface area contributed by atoms with Crippen molar-refractivity contribution in [3.8, 4) is 0 Å². The molecule has 4 rings (SSSR count). The van der Waals surface area contributed by atoms with Gasteiger partial charge in [0.15, 0.2) is 5.78 Å². The van der Waals surface area contributed by atoms with Crippen LogP contribution in [0.1, 0.15) is 64.7 Å². The molecule has 0 aromatic rings. The molecule has 21 heavy (non-hydrogen) atoms. The monoisotopic (exact) mass is 286 g/mol. The van der Waals surface area contributed by atoms with Crippen LogP contribution in [0.4, 0.5) is 0 Å². The first kappa shape index (κ1) is 13.7. The van der Waals surface area contributed by atoms with Gasteiger partial charge in [0.1, 0.15) is 5.78 Å². The van der Waals surface area contributed by atoms with Gasteiger partial charge in [-0.2, -0.15) is 0 Å². The Hall–Kier alpha value is -0.920. The fraction of sp³-hybridized carbons (Fsp3) is 0.789. The van der Waals surface area contributed by atoms with Crippen LogP contribution < -0.4 is 0 Å². The molecule has 0 aliphatic heterocycles. The van der Waals surface area contributed by atoms with Crippen molar-refractivity contribution >= 4 is 11.6 Å². The molecule has 1 unspecified atom stereocenters. The summed E-state index contributed by atoms with van der Waals surface area (Å²) in [7, 11) is 0. The fourth-order valence-electron chi connectivity index (χ4n) is 6.18. The number of fused-ring (bicyclic) bond motifs is 5. The minimum absolute atomic E-state index is 0.252. The molecule has 0 saturated heterocycles. The van der Waals surface area contributed by atoms with Crippen molar-refractivity contribution in [3.05, 3.63) is 11.6 Å². The molecule has 114 valence electrons. The van der Waals surface area contributed by atoms with E-state index < -0.39 is 0 Å². The first-order valence-corrected chi connectivity index (χ1v) is 8.86. The molecule has 0 heterocycles. The Labute approximate surface area is 127 Å². The molecule has 4 aliphatic carbocycles. The normalized spacial score (nSPS) is 46.2. The van der Waals surface area contributed by atoms with E-state index in [-0.39, 0.29) is 5.41 Å². The minimum Gasteiger partial charge on any atom is -0.299 e. The Morgan fingerprint density at radius 2 is 1.86 bits per heavy atom. The highest BCUT2D eigenvalue weighted by Gasteiger charge is 2.53. The molecule has 5 atom stereocenters. The molecule has 2 nitrogen and oxygen atoms in total. The maximum atomic E-state index is 12.3. The van der Waals surface area contributed by atoms with E-state index in [1.807, 2.05) is 6.08 Å². The zero-order chi connectivity index (χ0) is 14.6. The highest BCUT2D eigenvalue weighted by atomic mass is 16.1. The number of ketones is 2. The number of Topliss-reactive ketones (excluding diaryl/α,β-unsaturated/α-hetero) is 1. The van der Waals surface area contributed by atoms with E-state index in [1.165, 1.54) is 24.8 Å². The zero-order valence-corrected chi connectivity index (χ0v) is 13.1. The molecule has 0 aromatic heterocycles. The first-order chi connectivity index (χ1) is 10.1. The summed E-state index contributed by atoms with van der Waals surface area (Å²) in [5.41, 5.74) is 1.68. The van der Waals surface area contributed by atoms with Crippen molar-refractivity contribution in [2.24, 2.45) is 29.1 Å². The van der Waals surface area contributed by atoms with E-state index in [4.69, 9.17) is 0 Å². The summed E-state index contributed by atoms with van der Waals surface area (Å²) in [6.07, 6.45) is 11.6. The third-order valence-corrected chi connectivity index (χ3v) is 7.27. The van der Waals surface area contributed by atoms with Gasteiger partial charge in [0, 0.05) is 18.8 Å². The van der Waals surface area contributed by atoms with Crippen molar-refractivity contribution in [2.45, 2.75) is 64.7 Å². The SMILES string of the molecule is C[C@]12CCC(=O)C=C1CC[C@H]1[C@@H]3CCCC(=O)C3CC[C@@H]12. The van der Waals surface area contributed by atoms with Crippen LogP contribution in [0.3, 0.4) is 0 Å². The van der Waals surface area contributed by atoms with Gasteiger partial charge in [0.2, 0.25) is 0 Å². The van der Waals surface area contributed by atoms with Gasteiger partial charge in [-0.3, -0.25) is 9.59 Å². The van der Waals surface area contributed by atoms with Crippen LogP contribution in [-0.4, -0.2) is 11.6 Å². The Morgan fingerprint density at radius 1 is 1.00 bits per heavy atom. The fourth-order valence-corrected chi connectivity index (χ4v) is 6.18. The van der Waals surface area contributed by atoms with Crippen molar-refractivity contribution in [1.82, 2.24) is 0 Å². The highest BCUT2D eigenvalue weighted by molar-refractivity contribution is 5.91. The van der Waals surface area contributed by atoms with Gasteiger partial charge in [-0.05, 0) is 74.2 Å². The molecule has 0 amide bonds. The van der Waals surface area contributed by atoms with Gasteiger partial charge in [-0.1, -0.05) is 12.5 Å². The summed E-state index contributed by atoms with van der Waals surface area (Å²) in [6.45, 7) is 2.41. The Kier molecular flexibility index (Phi) is 3.13. The average Bonchev–Trinajstić information content (AvgIpc) is 2.48. The first-order valence-electron chi connectivity index (χ1n) is 8.86. The molecule has 0 spiro atoms. The number of carbonyl (C=O) groups excluding carboxylic acids is 2. The predicted octanol–water partition coefficient (Wildman–Crippen LogP) is 4.09. The highest BCUT2D eigenvalue weighted by Crippen LogP contribution is 2.60. The van der Waals surface area contributed by atoms with Gasteiger partial charge in [0.25, 0.3) is 0 Å². The van der Waals surface area contributed by atoms with Crippen molar-refractivity contribution in [1.29, 1.82) is 0 Å². The molecule has 0 bridgehead atoms. The number of hydrogen-bond acceptors (Lipinski definition) is 2. The number of rotatable bonds is 0. The van der Waals surface area contributed by atoms with Gasteiger partial charge < -0.3 is 0 Å². The molecule has 0 N–H and O–H groups in total. The van der Waals surface area contributed by atoms with Gasteiger partial charge in [-0.15, -0.1) is 0 Å². The van der Waals surface area contributed by atoms with Gasteiger partial charge in [0.05, 0.1) is 0 Å². The van der Waals surface area contributed by atoms with Crippen LogP contribution in [0.25, 0.3) is 0 Å². The maximum Gasteiger partial charge on any atom is 0.155 e. The van der Waals surface area contributed by atoms with Crippen molar-refractivity contribution in [3.63, 3.8) is 0 Å². The van der Waals surface area contributed by atoms with Crippen LogP contribution in [-0.2, 0) is 9.59 Å². The van der Waals surface area contributed by atoms with Gasteiger partial charge in [-0.25, -0.2) is 0 Å². The standard InChI is InChI=1S/C19H26O2/c1-19-10-9-13(20)11-12(19)5-6-15-14-3-2-4-18(21)16(14)7-8-17(15)19/h11,14-17H,2-10H2,1H3/t14-,15-,16?,17-,19-/m0/s1. The van der Waals surface area contributed by atoms with E-state index in [0.717, 1.165) is 50.4 Å². The molecule has 4 aliphatic rings. The van der Waals surface area contributed by atoms with Crippen LogP contribution in [0.2, 0.25) is 0 Å². The van der Waals surface area contributed by atoms with E-state index in [9.17, 15) is 9.59 Å². The lowest BCUT2D eigenvalue weighted by atomic mass is 9.48. The summed E-state index contributed by atoms with van der Waals surface area (Å²) in [5.74, 6) is 3.37. The van der Waals surface area contributed by atoms with Crippen LogP contribution >= 0.6 is 0 Å². The minimum atomic E-state index is 0.252. The largest absolute Gasteiger partial charge is 0.299 e. The van der Waals surface area contributed by atoms with E-state index in [0.29, 0.717) is 23.4 Å². The Balaban J connectivity index is 1.66. The predicted molar refractivity (Wildman–Crippen MR) is 81.7 cm³/mol.